The Morgan fingerprint density at radius 3 is 2.55 bits per heavy atom. The minimum atomic E-state index is -1.57. The molecule has 1 aromatic rings. The fourth-order valence-corrected chi connectivity index (χ4v) is 6.34. The van der Waals surface area contributed by atoms with Crippen LogP contribution in [0.1, 0.15) is 45.4 Å². The predicted octanol–water partition coefficient (Wildman–Crippen LogP) is 4.89. The molecule has 1 atom stereocenters. The van der Waals surface area contributed by atoms with Crippen LogP contribution < -0.4 is 5.30 Å². The van der Waals surface area contributed by atoms with Gasteiger partial charge in [0.1, 0.15) is 0 Å². The van der Waals surface area contributed by atoms with Crippen LogP contribution in [-0.4, -0.2) is 27.9 Å². The van der Waals surface area contributed by atoms with E-state index in [-0.39, 0.29) is 0 Å². The molecule has 0 N–H and O–H groups in total. The summed E-state index contributed by atoms with van der Waals surface area (Å²) in [6.07, 6.45) is 10.3. The van der Waals surface area contributed by atoms with Crippen LogP contribution in [0.15, 0.2) is 43.0 Å². The Hall–Kier alpha value is -0.131. The van der Waals surface area contributed by atoms with Crippen molar-refractivity contribution in [2.75, 3.05) is 12.8 Å². The maximum atomic E-state index is 6.33. The van der Waals surface area contributed by atoms with Gasteiger partial charge in [-0.3, -0.25) is 0 Å². The van der Waals surface area contributed by atoms with Crippen LogP contribution in [0.3, 0.4) is 0 Å². The number of benzene rings is 1. The van der Waals surface area contributed by atoms with Crippen molar-refractivity contribution >= 4 is 26.1 Å². The summed E-state index contributed by atoms with van der Waals surface area (Å²) in [5, 5.41) is 1.35. The molecule has 1 unspecified atom stereocenters. The summed E-state index contributed by atoms with van der Waals surface area (Å²) in [5.41, 5.74) is -1.57. The van der Waals surface area contributed by atoms with Crippen molar-refractivity contribution in [3.05, 3.63) is 43.0 Å². The Labute approximate surface area is 132 Å². The standard InChI is InChI=1S/C17H27OPSe/c1-3-5-7-11-15-18-19(20,16-12-6-4-2)17-13-9-8-10-14-17/h4,8-10,13-14H,2-3,5-7,11-12,15-16H2,1H3. The third kappa shape index (κ3) is 6.55. The summed E-state index contributed by atoms with van der Waals surface area (Å²) >= 11 is 3.41. The van der Waals surface area contributed by atoms with Gasteiger partial charge in [0.05, 0.1) is 0 Å². The summed E-state index contributed by atoms with van der Waals surface area (Å²) in [4.78, 5) is 0. The molecule has 1 nitrogen and oxygen atoms in total. The Balaban J connectivity index is 2.59. The van der Waals surface area contributed by atoms with Gasteiger partial charge < -0.3 is 0 Å². The number of unbranched alkanes of at least 4 members (excludes halogenated alkanes) is 4. The third-order valence-electron chi connectivity index (χ3n) is 3.31. The van der Waals surface area contributed by atoms with E-state index in [4.69, 9.17) is 4.52 Å². The van der Waals surface area contributed by atoms with E-state index in [0.29, 0.717) is 0 Å². The van der Waals surface area contributed by atoms with Crippen LogP contribution in [0.4, 0.5) is 0 Å². The molecule has 0 fully saturated rings. The van der Waals surface area contributed by atoms with Gasteiger partial charge in [-0.15, -0.1) is 0 Å². The molecule has 0 bridgehead atoms. The van der Waals surface area contributed by atoms with Gasteiger partial charge in [0, 0.05) is 0 Å². The fraction of sp³-hybridized carbons (Fsp3) is 0.529. The summed E-state index contributed by atoms with van der Waals surface area (Å²) in [5.74, 6) is 0. The molecule has 1 aromatic carbocycles. The van der Waals surface area contributed by atoms with Crippen LogP contribution in [0.2, 0.25) is 0 Å². The molecule has 1 rings (SSSR count). The van der Waals surface area contributed by atoms with Crippen molar-refractivity contribution < 1.29 is 4.52 Å². The predicted molar refractivity (Wildman–Crippen MR) is 93.1 cm³/mol. The van der Waals surface area contributed by atoms with Gasteiger partial charge in [-0.05, 0) is 0 Å². The first kappa shape index (κ1) is 17.9. The average molecular weight is 357 g/mol. The average Bonchev–Trinajstić information content (AvgIpc) is 2.48. The zero-order valence-electron chi connectivity index (χ0n) is 12.6. The third-order valence-corrected chi connectivity index (χ3v) is 9.04. The van der Waals surface area contributed by atoms with Gasteiger partial charge in [0.15, 0.2) is 0 Å². The van der Waals surface area contributed by atoms with Crippen molar-refractivity contribution in [2.45, 2.75) is 45.4 Å². The summed E-state index contributed by atoms with van der Waals surface area (Å²) in [6, 6.07) is 10.7. The molecule has 0 aliphatic heterocycles. The van der Waals surface area contributed by atoms with Crippen molar-refractivity contribution in [3.63, 3.8) is 0 Å². The van der Waals surface area contributed by atoms with Crippen molar-refractivity contribution in [1.82, 2.24) is 0 Å². The van der Waals surface area contributed by atoms with E-state index >= 15 is 0 Å². The van der Waals surface area contributed by atoms with Gasteiger partial charge in [0.2, 0.25) is 0 Å². The maximum absolute atomic E-state index is 6.33. The first-order valence-electron chi connectivity index (χ1n) is 7.63. The zero-order chi connectivity index (χ0) is 14.7. The molecule has 0 saturated carbocycles. The van der Waals surface area contributed by atoms with Crippen LogP contribution in [0.25, 0.3) is 0 Å². The van der Waals surface area contributed by atoms with Crippen molar-refractivity contribution in [3.8, 4) is 0 Å². The van der Waals surface area contributed by atoms with Gasteiger partial charge >= 0.3 is 132 Å². The molecule has 0 spiro atoms. The fourth-order valence-electron chi connectivity index (χ4n) is 2.11. The van der Waals surface area contributed by atoms with E-state index < -0.39 is 5.74 Å². The van der Waals surface area contributed by atoms with E-state index in [1.807, 2.05) is 6.08 Å². The van der Waals surface area contributed by atoms with Crippen molar-refractivity contribution in [2.24, 2.45) is 0 Å². The van der Waals surface area contributed by atoms with Crippen LogP contribution in [0, 0.1) is 0 Å². The Morgan fingerprint density at radius 2 is 1.90 bits per heavy atom. The second kappa shape index (κ2) is 10.6. The monoisotopic (exact) mass is 358 g/mol. The van der Waals surface area contributed by atoms with E-state index in [1.54, 1.807) is 0 Å². The normalized spacial score (nSPS) is 13.8. The van der Waals surface area contributed by atoms with E-state index in [9.17, 15) is 0 Å². The number of rotatable bonds is 11. The van der Waals surface area contributed by atoms with Crippen LogP contribution in [-0.2, 0) is 4.52 Å². The molecule has 112 valence electrons. The Bertz CT molecular complexity index is 416. The molecule has 0 aliphatic rings. The van der Waals surface area contributed by atoms with Gasteiger partial charge in [-0.2, -0.15) is 0 Å². The molecule has 0 amide bonds. The molecule has 0 radical (unpaired) electrons. The minimum absolute atomic E-state index is 0.879. The summed E-state index contributed by atoms with van der Waals surface area (Å²) in [7, 11) is 0. The molecule has 0 aromatic heterocycles. The van der Waals surface area contributed by atoms with Gasteiger partial charge in [-0.25, -0.2) is 0 Å². The first-order chi connectivity index (χ1) is 9.73. The van der Waals surface area contributed by atoms with Crippen molar-refractivity contribution in [1.29, 1.82) is 0 Å². The molecule has 0 heterocycles. The molecule has 20 heavy (non-hydrogen) atoms. The van der Waals surface area contributed by atoms with E-state index in [2.05, 4.69) is 58.9 Å². The van der Waals surface area contributed by atoms with Gasteiger partial charge in [-0.1, -0.05) is 0 Å². The van der Waals surface area contributed by atoms with E-state index in [0.717, 1.165) is 25.6 Å². The number of hydrogen-bond acceptors (Lipinski definition) is 1. The zero-order valence-corrected chi connectivity index (χ0v) is 15.2. The Kier molecular flexibility index (Phi) is 9.48. The SMILES string of the molecule is C=CCCCP(=[Se])(OCCCCCC)c1ccccc1. The Morgan fingerprint density at radius 1 is 1.15 bits per heavy atom. The number of allylic oxidation sites excluding steroid dienone is 1. The molecular formula is C17H27OPSe. The number of hydrogen-bond donors (Lipinski definition) is 0. The molecule has 0 saturated heterocycles. The summed E-state index contributed by atoms with van der Waals surface area (Å²) in [6.45, 7) is 6.93. The topological polar surface area (TPSA) is 9.23 Å². The van der Waals surface area contributed by atoms with Crippen LogP contribution in [0.5, 0.6) is 0 Å². The second-order valence-electron chi connectivity index (χ2n) is 5.06. The van der Waals surface area contributed by atoms with Gasteiger partial charge in [0.25, 0.3) is 0 Å². The summed E-state index contributed by atoms with van der Waals surface area (Å²) < 4.78 is 6.33. The quantitative estimate of drug-likeness (QED) is 0.237. The second-order valence-corrected chi connectivity index (χ2v) is 11.3. The molecule has 3 heteroatoms. The first-order valence-corrected chi connectivity index (χ1v) is 11.7. The van der Waals surface area contributed by atoms with E-state index in [1.165, 1.54) is 31.0 Å². The van der Waals surface area contributed by atoms with Crippen LogP contribution >= 0.6 is 5.74 Å². The molecule has 0 aliphatic carbocycles. The molecular weight excluding hydrogens is 330 g/mol.